The summed E-state index contributed by atoms with van der Waals surface area (Å²) in [5, 5.41) is 22.6. The van der Waals surface area contributed by atoms with E-state index in [2.05, 4.69) is 41.1 Å². The van der Waals surface area contributed by atoms with Gasteiger partial charge in [0.25, 0.3) is 11.8 Å². The molecule has 1 unspecified atom stereocenters. The number of aliphatic hydroxyl groups excluding tert-OH is 1. The molecule has 7 rings (SSSR count). The van der Waals surface area contributed by atoms with Crippen molar-refractivity contribution in [3.63, 3.8) is 0 Å². The molecule has 0 bridgehead atoms. The second-order valence-electron chi connectivity index (χ2n) is 18.8. The highest BCUT2D eigenvalue weighted by Crippen LogP contribution is 2.41. The van der Waals surface area contributed by atoms with E-state index in [9.17, 15) is 28.7 Å². The number of anilines is 3. The Kier molecular flexibility index (Phi) is 17.7. The largest absolute Gasteiger partial charge is 0.495 e. The number of β-amino-alcohol motifs (C(OH)–C–C–N with tert-alkyl or cyclic N) is 1. The number of likely N-dealkylation sites (tertiary alicyclic amines) is 1. The van der Waals surface area contributed by atoms with Gasteiger partial charge in [-0.05, 0) is 55.0 Å². The molecule has 4 heterocycles. The lowest BCUT2D eigenvalue weighted by atomic mass is 9.85. The maximum Gasteiger partial charge on any atom is 0.258 e. The van der Waals surface area contributed by atoms with Crippen LogP contribution in [0.4, 0.5) is 21.8 Å². The fourth-order valence-corrected chi connectivity index (χ4v) is 9.29. The summed E-state index contributed by atoms with van der Waals surface area (Å²) in [5.74, 6) is -0.130. The topological polar surface area (TPSA) is 222 Å². The lowest BCUT2D eigenvalue weighted by molar-refractivity contribution is -0.145. The molecule has 1 aliphatic carbocycles. The zero-order chi connectivity index (χ0) is 50.9. The molecule has 2 aromatic carbocycles. The Morgan fingerprint density at radius 3 is 2.39 bits per heavy atom. The number of alkyl halides is 1. The number of amides is 4. The fourth-order valence-electron chi connectivity index (χ4n) is 8.31. The van der Waals surface area contributed by atoms with Crippen LogP contribution in [0, 0.1) is 12.3 Å². The van der Waals surface area contributed by atoms with Crippen molar-refractivity contribution in [1.29, 1.82) is 0 Å². The lowest BCUT2D eigenvalue weighted by Gasteiger charge is -2.35. The number of methoxy groups -OCH3 is 1. The smallest absolute Gasteiger partial charge is 0.258 e. The molecule has 3 fully saturated rings. The number of thiazole rings is 1. The number of hydrogen-bond donors (Lipinski definition) is 5. The molecule has 19 nitrogen and oxygen atoms in total. The third-order valence-corrected chi connectivity index (χ3v) is 13.9. The number of carbonyl (C=O) groups is 4. The van der Waals surface area contributed by atoms with Gasteiger partial charge >= 0.3 is 0 Å². The van der Waals surface area contributed by atoms with E-state index < -0.39 is 47.0 Å². The van der Waals surface area contributed by atoms with Crippen molar-refractivity contribution < 1.29 is 47.6 Å². The molecule has 3 atom stereocenters. The Hall–Kier alpha value is -5.71. The first-order valence-electron chi connectivity index (χ1n) is 23.7. The van der Waals surface area contributed by atoms with Crippen LogP contribution in [0.15, 0.2) is 48.1 Å². The van der Waals surface area contributed by atoms with Crippen molar-refractivity contribution in [2.24, 2.45) is 5.41 Å². The molecule has 22 heteroatoms. The van der Waals surface area contributed by atoms with Crippen LogP contribution in [0.1, 0.15) is 61.6 Å². The maximum atomic E-state index is 14.6. The van der Waals surface area contributed by atoms with Gasteiger partial charge in [0.1, 0.15) is 41.0 Å². The highest BCUT2D eigenvalue weighted by molar-refractivity contribution is 7.13. The van der Waals surface area contributed by atoms with Crippen LogP contribution >= 0.6 is 22.9 Å². The summed E-state index contributed by atoms with van der Waals surface area (Å²) in [7, 11) is 3.25. The number of rotatable bonds is 22. The van der Waals surface area contributed by atoms with Crippen molar-refractivity contribution in [2.45, 2.75) is 77.4 Å². The predicted molar refractivity (Wildman–Crippen MR) is 267 cm³/mol. The number of benzene rings is 2. The van der Waals surface area contributed by atoms with Crippen molar-refractivity contribution in [2.75, 3.05) is 97.1 Å². The fraction of sp³-hybridized carbons (Fsp3) is 0.531. The predicted octanol–water partition coefficient (Wildman–Crippen LogP) is 4.84. The van der Waals surface area contributed by atoms with Crippen LogP contribution in [0.25, 0.3) is 10.4 Å². The van der Waals surface area contributed by atoms with Gasteiger partial charge in [0.2, 0.25) is 17.8 Å². The summed E-state index contributed by atoms with van der Waals surface area (Å²) in [6, 6.07) is 8.81. The Labute approximate surface area is 422 Å². The van der Waals surface area contributed by atoms with Crippen molar-refractivity contribution in [3.8, 4) is 21.9 Å². The minimum atomic E-state index is -1.98. The first kappa shape index (κ1) is 53.1. The summed E-state index contributed by atoms with van der Waals surface area (Å²) in [6.45, 7) is 12.2. The van der Waals surface area contributed by atoms with Gasteiger partial charge in [0, 0.05) is 70.4 Å². The van der Waals surface area contributed by atoms with Gasteiger partial charge < -0.3 is 55.1 Å². The van der Waals surface area contributed by atoms with Crippen LogP contribution in [0.3, 0.4) is 0 Å². The molecular weight excluding hydrogens is 959 g/mol. The van der Waals surface area contributed by atoms with Crippen molar-refractivity contribution >= 4 is 64.0 Å². The van der Waals surface area contributed by atoms with E-state index in [1.54, 1.807) is 51.5 Å². The molecule has 4 aromatic rings. The number of aryl methyl sites for hydroxylation is 1. The molecule has 1 saturated carbocycles. The van der Waals surface area contributed by atoms with E-state index in [1.807, 2.05) is 30.0 Å². The number of halogens is 2. The van der Waals surface area contributed by atoms with E-state index in [4.69, 9.17) is 30.5 Å². The number of piperazine rings is 1. The number of aliphatic hydroxyl groups is 1. The van der Waals surface area contributed by atoms with E-state index in [0.29, 0.717) is 97.6 Å². The van der Waals surface area contributed by atoms with Crippen LogP contribution < -0.4 is 30.7 Å². The number of ether oxygens (including phenoxy) is 4. The molecule has 5 N–H and O–H groups in total. The van der Waals surface area contributed by atoms with Gasteiger partial charge in [0.15, 0.2) is 5.67 Å². The molecule has 2 saturated heterocycles. The molecule has 384 valence electrons. The van der Waals surface area contributed by atoms with Crippen LogP contribution in [-0.4, -0.2) is 169 Å². The average Bonchev–Trinajstić information content (AvgIpc) is 3.76. The van der Waals surface area contributed by atoms with Gasteiger partial charge in [0.05, 0.1) is 67.6 Å². The number of hydrogen-bond acceptors (Lipinski definition) is 16. The lowest BCUT2D eigenvalue weighted by Crippen LogP contribution is -2.59. The van der Waals surface area contributed by atoms with E-state index >= 15 is 0 Å². The number of aromatic nitrogens is 3. The maximum absolute atomic E-state index is 14.6. The second kappa shape index (κ2) is 23.7. The standard InChI is InChI=1S/C49H64ClFN10O9S/c1-30-40(71-29-55-30)31-7-8-33(26-53-43(63)37-25-34(62)28-61(37)45(65)41(48(2,3)4)57-46(66)49(51)11-12-49)38(23-31)70-22-21-69-20-19-68-18-17-59-13-15-60(16-14-59)44(64)32-9-10-36(39(24-32)67-6)56-47-54-27-35(50)42(52-5)58-47/h7-10,23-24,27,29,34,37,41,62H,11-22,25-26,28H2,1-6H3,(H,53,63)(H,57,66)(H2,52,54,56,58)/t34-,37?,41-/m1/s1. The van der Waals surface area contributed by atoms with Gasteiger partial charge in [-0.15, -0.1) is 11.3 Å². The Bertz CT molecular complexity index is 2520. The normalized spacial score (nSPS) is 18.2. The monoisotopic (exact) mass is 1020 g/mol. The van der Waals surface area contributed by atoms with E-state index in [-0.39, 0.29) is 51.5 Å². The highest BCUT2D eigenvalue weighted by Gasteiger charge is 2.53. The SMILES string of the molecule is CNc1nc(Nc2ccc(C(=O)N3CCN(CCOCCOCCOc4cc(-c5scnc5C)ccc4CNC(=O)C4C[C@@H](O)CN4C(=O)[C@@H](NC(=O)C4(F)CC4)C(C)(C)C)CC3)cc2OC)ncc1Cl. The Balaban J connectivity index is 0.834. The zero-order valence-corrected chi connectivity index (χ0v) is 42.6. The van der Waals surface area contributed by atoms with Crippen molar-refractivity contribution in [1.82, 2.24) is 40.3 Å². The first-order chi connectivity index (χ1) is 34.0. The van der Waals surface area contributed by atoms with Crippen LogP contribution in [-0.2, 0) is 30.4 Å². The number of nitrogens with zero attached hydrogens (tertiary/aromatic N) is 6. The molecule has 0 radical (unpaired) electrons. The average molecular weight is 1020 g/mol. The third kappa shape index (κ3) is 13.6. The minimum absolute atomic E-state index is 0.0119. The molecule has 0 spiro atoms. The summed E-state index contributed by atoms with van der Waals surface area (Å²) < 4.78 is 38.2. The second-order valence-corrected chi connectivity index (χ2v) is 20.1. The van der Waals surface area contributed by atoms with Gasteiger partial charge in [-0.2, -0.15) is 4.98 Å². The van der Waals surface area contributed by atoms with E-state index in [1.165, 1.54) is 29.5 Å². The van der Waals surface area contributed by atoms with Crippen LogP contribution in [0.2, 0.25) is 5.02 Å². The summed E-state index contributed by atoms with van der Waals surface area (Å²) in [6.07, 6.45) is 0.753. The van der Waals surface area contributed by atoms with E-state index in [0.717, 1.165) is 16.1 Å². The van der Waals surface area contributed by atoms with Crippen LogP contribution in [0.5, 0.6) is 11.5 Å². The highest BCUT2D eigenvalue weighted by atomic mass is 35.5. The third-order valence-electron chi connectivity index (χ3n) is 12.6. The Morgan fingerprint density at radius 1 is 0.986 bits per heavy atom. The van der Waals surface area contributed by atoms with Crippen molar-refractivity contribution in [3.05, 3.63) is 69.9 Å². The first-order valence-corrected chi connectivity index (χ1v) is 25.0. The zero-order valence-electron chi connectivity index (χ0n) is 41.0. The molecule has 3 aliphatic rings. The molecule has 4 amide bonds. The summed E-state index contributed by atoms with van der Waals surface area (Å²) >= 11 is 7.62. The number of carbonyl (C=O) groups excluding carboxylic acids is 4. The Morgan fingerprint density at radius 2 is 1.72 bits per heavy atom. The van der Waals surface area contributed by atoms with Gasteiger partial charge in [-0.1, -0.05) is 44.5 Å². The number of nitrogens with one attached hydrogen (secondary N) is 4. The summed E-state index contributed by atoms with van der Waals surface area (Å²) in [4.78, 5) is 73.1. The molecular formula is C49H64ClFN10O9S. The summed E-state index contributed by atoms with van der Waals surface area (Å²) in [5.41, 5.74) is 2.58. The molecule has 2 aliphatic heterocycles. The molecule has 2 aromatic heterocycles. The van der Waals surface area contributed by atoms with Gasteiger partial charge in [-0.25, -0.2) is 14.4 Å². The quantitative estimate of drug-likeness (QED) is 0.0666. The minimum Gasteiger partial charge on any atom is -0.495 e. The molecule has 71 heavy (non-hydrogen) atoms. The van der Waals surface area contributed by atoms with Gasteiger partial charge in [-0.3, -0.25) is 24.1 Å².